The van der Waals surface area contributed by atoms with E-state index < -0.39 is 5.41 Å². The van der Waals surface area contributed by atoms with Crippen LogP contribution in [0.4, 0.5) is 17.1 Å². The molecule has 75 heavy (non-hydrogen) atoms. The molecule has 14 aromatic rings. The lowest BCUT2D eigenvalue weighted by Gasteiger charge is -2.33. The van der Waals surface area contributed by atoms with E-state index in [-0.39, 0.29) is 0 Å². The van der Waals surface area contributed by atoms with Gasteiger partial charge < -0.3 is 9.32 Å². The average Bonchev–Trinajstić information content (AvgIpc) is 4.29. The van der Waals surface area contributed by atoms with Gasteiger partial charge in [0, 0.05) is 27.7 Å². The zero-order valence-corrected chi connectivity index (χ0v) is 40.8. The van der Waals surface area contributed by atoms with E-state index in [1.807, 2.05) is 0 Å². The van der Waals surface area contributed by atoms with Crippen molar-refractivity contribution in [1.82, 2.24) is 0 Å². The number of nitrogens with zero attached hydrogens (tertiary/aromatic N) is 1. The molecule has 2 nitrogen and oxygen atoms in total. The molecule has 0 aliphatic heterocycles. The van der Waals surface area contributed by atoms with E-state index in [4.69, 9.17) is 4.42 Å². The number of rotatable bonds is 6. The molecule has 13 aromatic carbocycles. The van der Waals surface area contributed by atoms with Crippen LogP contribution >= 0.6 is 0 Å². The van der Waals surface area contributed by atoms with Crippen LogP contribution in [0.1, 0.15) is 22.3 Å². The van der Waals surface area contributed by atoms with Gasteiger partial charge in [0.05, 0.1) is 11.1 Å². The molecule has 0 fully saturated rings. The Morgan fingerprint density at radius 2 is 0.693 bits per heavy atom. The van der Waals surface area contributed by atoms with Gasteiger partial charge in [-0.15, -0.1) is 0 Å². The Bertz CT molecular complexity index is 4580. The number of anilines is 3. The van der Waals surface area contributed by atoms with Crippen LogP contribution in [0.3, 0.4) is 0 Å². The Kier molecular flexibility index (Phi) is 8.99. The minimum atomic E-state index is -0.549. The lowest BCUT2D eigenvalue weighted by atomic mass is 9.70. The highest BCUT2D eigenvalue weighted by Gasteiger charge is 2.52. The molecular formula is C73H45NO. The lowest BCUT2D eigenvalue weighted by molar-refractivity contribution is 0.669. The Morgan fingerprint density at radius 3 is 1.32 bits per heavy atom. The first kappa shape index (κ1) is 41.8. The molecule has 16 rings (SSSR count). The zero-order valence-electron chi connectivity index (χ0n) is 40.8. The first-order valence-corrected chi connectivity index (χ1v) is 26.0. The van der Waals surface area contributed by atoms with Gasteiger partial charge in [-0.3, -0.25) is 0 Å². The fraction of sp³-hybridized carbons (Fsp3) is 0.0137. The molecule has 0 unspecified atom stereocenters. The minimum absolute atomic E-state index is 0.549. The smallest absolute Gasteiger partial charge is 0.135 e. The number of benzene rings is 13. The number of furan rings is 1. The summed E-state index contributed by atoms with van der Waals surface area (Å²) in [5, 5.41) is 9.67. The molecule has 348 valence electrons. The van der Waals surface area contributed by atoms with E-state index in [2.05, 4.69) is 278 Å². The monoisotopic (exact) mass is 951 g/mol. The molecule has 0 bridgehead atoms. The SMILES string of the molecule is c1ccc(-c2ccccc2-c2ccc(N(c3ccc4c5ccccc5c5ccccc5c4c3)c3cc4c(cc3-c3ccc5oc6ccccc6c5c3)-c3ccccc3C43c4ccccc4-c4ccccc43)cc2)cc1. The summed E-state index contributed by atoms with van der Waals surface area (Å²) >= 11 is 0. The zero-order chi connectivity index (χ0) is 49.2. The maximum Gasteiger partial charge on any atom is 0.135 e. The van der Waals surface area contributed by atoms with Gasteiger partial charge in [-0.1, -0.05) is 218 Å². The molecule has 0 amide bonds. The van der Waals surface area contributed by atoms with E-state index in [0.29, 0.717) is 0 Å². The summed E-state index contributed by atoms with van der Waals surface area (Å²) in [5.74, 6) is 0. The van der Waals surface area contributed by atoms with E-state index in [1.54, 1.807) is 0 Å². The van der Waals surface area contributed by atoms with Gasteiger partial charge in [0.2, 0.25) is 0 Å². The van der Waals surface area contributed by atoms with Crippen molar-refractivity contribution in [1.29, 1.82) is 0 Å². The molecule has 1 aromatic heterocycles. The molecular weight excluding hydrogens is 907 g/mol. The maximum absolute atomic E-state index is 6.49. The summed E-state index contributed by atoms with van der Waals surface area (Å²) in [6, 6.07) is 101. The van der Waals surface area contributed by atoms with Gasteiger partial charge in [-0.25, -0.2) is 0 Å². The predicted molar refractivity (Wildman–Crippen MR) is 314 cm³/mol. The van der Waals surface area contributed by atoms with Crippen molar-refractivity contribution >= 4 is 71.3 Å². The first-order chi connectivity index (χ1) is 37.2. The Hall–Kier alpha value is -9.76. The van der Waals surface area contributed by atoms with Gasteiger partial charge in [0.25, 0.3) is 0 Å². The quantitative estimate of drug-likeness (QED) is 0.154. The summed E-state index contributed by atoms with van der Waals surface area (Å²) in [6.07, 6.45) is 0. The largest absolute Gasteiger partial charge is 0.456 e. The Morgan fingerprint density at radius 1 is 0.240 bits per heavy atom. The summed E-state index contributed by atoms with van der Waals surface area (Å²) in [5.41, 5.74) is 21.8. The molecule has 0 atom stereocenters. The van der Waals surface area contributed by atoms with E-state index in [1.165, 1.54) is 93.5 Å². The predicted octanol–water partition coefficient (Wildman–Crippen LogP) is 19.9. The van der Waals surface area contributed by atoms with Crippen LogP contribution in [0.2, 0.25) is 0 Å². The number of fused-ring (bicyclic) bond motifs is 19. The van der Waals surface area contributed by atoms with Crippen molar-refractivity contribution in [2.75, 3.05) is 4.90 Å². The van der Waals surface area contributed by atoms with E-state index >= 15 is 0 Å². The topological polar surface area (TPSA) is 16.4 Å². The van der Waals surface area contributed by atoms with Gasteiger partial charge >= 0.3 is 0 Å². The molecule has 0 saturated carbocycles. The third kappa shape index (κ3) is 6.02. The molecule has 0 N–H and O–H groups in total. The second kappa shape index (κ2) is 16.1. The fourth-order valence-corrected chi connectivity index (χ4v) is 13.3. The minimum Gasteiger partial charge on any atom is -0.456 e. The van der Waals surface area contributed by atoms with Crippen LogP contribution in [0, 0.1) is 0 Å². The van der Waals surface area contributed by atoms with Crippen LogP contribution < -0.4 is 4.90 Å². The Labute approximate surface area is 434 Å². The summed E-state index contributed by atoms with van der Waals surface area (Å²) in [4.78, 5) is 2.53. The van der Waals surface area contributed by atoms with Crippen LogP contribution in [0.5, 0.6) is 0 Å². The molecule has 2 heteroatoms. The second-order valence-electron chi connectivity index (χ2n) is 20.2. The highest BCUT2D eigenvalue weighted by atomic mass is 16.3. The summed E-state index contributed by atoms with van der Waals surface area (Å²) in [6.45, 7) is 0. The molecule has 2 aliphatic carbocycles. The van der Waals surface area contributed by atoms with Crippen molar-refractivity contribution in [2.45, 2.75) is 5.41 Å². The standard InChI is InChI=1S/C73H45NO/c1-2-18-46(19-3-1)51-20-4-5-21-52(51)47-34-37-49(38-35-47)74(50-39-40-57-55-24-7-6-22-53(55)54-23-8-9-25-56(54)63(57)43-50)70-45-69-64(44-62(70)48-36-41-72-65(42-48)61-29-13-17-33-71(61)75-72)60-28-12-16-32-68(60)73(69)66-30-14-10-26-58(66)59-27-11-15-31-67(59)73/h1-45H. The second-order valence-corrected chi connectivity index (χ2v) is 20.2. The van der Waals surface area contributed by atoms with Crippen molar-refractivity contribution in [3.8, 4) is 55.6 Å². The van der Waals surface area contributed by atoms with Crippen LogP contribution in [-0.4, -0.2) is 0 Å². The average molecular weight is 952 g/mol. The van der Waals surface area contributed by atoms with Crippen LogP contribution in [0.15, 0.2) is 277 Å². The maximum atomic E-state index is 6.49. The van der Waals surface area contributed by atoms with Crippen LogP contribution in [0.25, 0.3) is 110 Å². The van der Waals surface area contributed by atoms with Crippen molar-refractivity contribution < 1.29 is 4.42 Å². The third-order valence-electron chi connectivity index (χ3n) is 16.5. The van der Waals surface area contributed by atoms with Gasteiger partial charge in [-0.2, -0.15) is 0 Å². The lowest BCUT2D eigenvalue weighted by Crippen LogP contribution is -2.26. The van der Waals surface area contributed by atoms with Crippen LogP contribution in [-0.2, 0) is 5.41 Å². The van der Waals surface area contributed by atoms with Crippen molar-refractivity contribution in [2.24, 2.45) is 0 Å². The van der Waals surface area contributed by atoms with Gasteiger partial charge in [-0.05, 0) is 159 Å². The Balaban J connectivity index is 1.02. The molecule has 2 aliphatic rings. The van der Waals surface area contributed by atoms with E-state index in [9.17, 15) is 0 Å². The number of hydrogen-bond donors (Lipinski definition) is 0. The summed E-state index contributed by atoms with van der Waals surface area (Å²) < 4.78 is 6.49. The number of hydrogen-bond acceptors (Lipinski definition) is 2. The molecule has 0 saturated heterocycles. The highest BCUT2D eigenvalue weighted by Crippen LogP contribution is 2.64. The van der Waals surface area contributed by atoms with E-state index in [0.717, 1.165) is 55.7 Å². The highest BCUT2D eigenvalue weighted by molar-refractivity contribution is 6.26. The molecule has 0 radical (unpaired) electrons. The summed E-state index contributed by atoms with van der Waals surface area (Å²) in [7, 11) is 0. The van der Waals surface area contributed by atoms with Crippen molar-refractivity contribution in [3.05, 3.63) is 295 Å². The number of para-hydroxylation sites is 1. The van der Waals surface area contributed by atoms with Gasteiger partial charge in [0.15, 0.2) is 0 Å². The molecule has 1 spiro atoms. The van der Waals surface area contributed by atoms with Crippen molar-refractivity contribution in [3.63, 3.8) is 0 Å². The first-order valence-electron chi connectivity index (χ1n) is 26.0. The van der Waals surface area contributed by atoms with Gasteiger partial charge in [0.1, 0.15) is 11.2 Å². The third-order valence-corrected chi connectivity index (χ3v) is 16.5. The fourth-order valence-electron chi connectivity index (χ4n) is 13.3. The normalized spacial score (nSPS) is 12.9. The molecule has 1 heterocycles.